The van der Waals surface area contributed by atoms with Crippen molar-refractivity contribution in [2.75, 3.05) is 0 Å². The van der Waals surface area contributed by atoms with E-state index in [-0.39, 0.29) is 11.9 Å². The molecule has 0 radical (unpaired) electrons. The molecule has 0 bridgehead atoms. The van der Waals surface area contributed by atoms with Gasteiger partial charge in [-0.3, -0.25) is 4.99 Å². The summed E-state index contributed by atoms with van der Waals surface area (Å²) in [5.41, 5.74) is 4.77. The fourth-order valence-electron chi connectivity index (χ4n) is 5.46. The largest absolute Gasteiger partial charge is 0.633 e. The van der Waals surface area contributed by atoms with Crippen LogP contribution in [0.4, 0.5) is 4.39 Å². The highest BCUT2D eigenvalue weighted by Gasteiger charge is 2.34. The van der Waals surface area contributed by atoms with Crippen molar-refractivity contribution in [3.05, 3.63) is 138 Å². The molecule has 0 amide bonds. The zero-order chi connectivity index (χ0) is 27.1. The Hall–Kier alpha value is -4.90. The number of benzene rings is 6. The highest BCUT2D eigenvalue weighted by Crippen LogP contribution is 2.47. The summed E-state index contributed by atoms with van der Waals surface area (Å²) in [6.45, 7) is 1.99. The van der Waals surface area contributed by atoms with Gasteiger partial charge in [0.15, 0.2) is 0 Å². The molecule has 1 unspecified atom stereocenters. The fourth-order valence-corrected chi connectivity index (χ4v) is 5.46. The fraction of sp³-hybridized carbons (Fsp3) is 0.0571. The Morgan fingerprint density at radius 3 is 1.82 bits per heavy atom. The van der Waals surface area contributed by atoms with Crippen molar-refractivity contribution in [2.24, 2.45) is 4.99 Å². The molecule has 0 fully saturated rings. The van der Waals surface area contributed by atoms with Gasteiger partial charge in [-0.15, -0.1) is 0 Å². The first-order valence-electron chi connectivity index (χ1n) is 13.4. The van der Waals surface area contributed by atoms with E-state index in [1.165, 1.54) is 12.1 Å². The van der Waals surface area contributed by atoms with E-state index in [0.717, 1.165) is 60.8 Å². The number of halogens is 1. The minimum Gasteiger partial charge on any atom is -0.521 e. The third-order valence-corrected chi connectivity index (χ3v) is 7.54. The second kappa shape index (κ2) is 10.0. The molecule has 192 valence electrons. The number of hydrogen-bond acceptors (Lipinski definition) is 3. The highest BCUT2D eigenvalue weighted by atomic mass is 19.1. The Morgan fingerprint density at radius 1 is 0.650 bits per heavy atom. The number of rotatable bonds is 4. The van der Waals surface area contributed by atoms with E-state index in [1.807, 2.05) is 49.5 Å². The lowest BCUT2D eigenvalue weighted by molar-refractivity contribution is 0.448. The second-order valence-corrected chi connectivity index (χ2v) is 10.0. The molecule has 1 heterocycles. The summed E-state index contributed by atoms with van der Waals surface area (Å²) < 4.78 is 26.8. The van der Waals surface area contributed by atoms with Gasteiger partial charge in [0.2, 0.25) is 0 Å². The zero-order valence-electron chi connectivity index (χ0n) is 21.9. The third-order valence-electron chi connectivity index (χ3n) is 7.54. The molecule has 3 nitrogen and oxygen atoms in total. The SMILES string of the molecule is CC(N=Cc1ccccc1B1Oc2ccc3ccccc3c2-c2c(ccc3ccccc23)O1)c1ccc(F)cc1. The Bertz CT molecular complexity index is 1810. The molecule has 1 atom stereocenters. The average molecular weight is 521 g/mol. The van der Waals surface area contributed by atoms with Gasteiger partial charge in [0.05, 0.1) is 6.04 Å². The summed E-state index contributed by atoms with van der Waals surface area (Å²) in [6, 6.07) is 39.3. The summed E-state index contributed by atoms with van der Waals surface area (Å²) in [4.78, 5) is 4.79. The highest BCUT2D eigenvalue weighted by molar-refractivity contribution is 6.64. The van der Waals surface area contributed by atoms with Crippen LogP contribution in [0.1, 0.15) is 24.1 Å². The van der Waals surface area contributed by atoms with Crippen molar-refractivity contribution < 1.29 is 13.7 Å². The minimum atomic E-state index is -0.689. The predicted molar refractivity (Wildman–Crippen MR) is 162 cm³/mol. The van der Waals surface area contributed by atoms with Gasteiger partial charge in [-0.05, 0) is 63.9 Å². The molecule has 40 heavy (non-hydrogen) atoms. The molecule has 0 saturated carbocycles. The summed E-state index contributed by atoms with van der Waals surface area (Å²) >= 11 is 0. The van der Waals surface area contributed by atoms with Gasteiger partial charge in [-0.1, -0.05) is 97.1 Å². The van der Waals surface area contributed by atoms with Crippen LogP contribution in [-0.4, -0.2) is 13.3 Å². The maximum Gasteiger partial charge on any atom is 0.633 e. The summed E-state index contributed by atoms with van der Waals surface area (Å²) in [5, 5.41) is 4.52. The Kier molecular flexibility index (Phi) is 6.05. The molecular formula is C35H25BFNO2. The predicted octanol–water partition coefficient (Wildman–Crippen LogP) is 8.15. The van der Waals surface area contributed by atoms with Crippen LogP contribution in [0.2, 0.25) is 0 Å². The molecule has 7 rings (SSSR count). The molecule has 0 aromatic heterocycles. The van der Waals surface area contributed by atoms with Crippen LogP contribution < -0.4 is 14.8 Å². The maximum absolute atomic E-state index is 13.4. The Labute approximate surface area is 232 Å². The topological polar surface area (TPSA) is 30.8 Å². The lowest BCUT2D eigenvalue weighted by Gasteiger charge is -2.17. The maximum atomic E-state index is 13.4. The van der Waals surface area contributed by atoms with Crippen LogP contribution in [-0.2, 0) is 0 Å². The van der Waals surface area contributed by atoms with Crippen molar-refractivity contribution >= 4 is 40.3 Å². The van der Waals surface area contributed by atoms with Crippen LogP contribution in [0.25, 0.3) is 32.7 Å². The first-order valence-corrected chi connectivity index (χ1v) is 13.4. The molecule has 0 N–H and O–H groups in total. The van der Waals surface area contributed by atoms with Crippen LogP contribution in [0.15, 0.2) is 126 Å². The molecular weight excluding hydrogens is 496 g/mol. The smallest absolute Gasteiger partial charge is 0.521 e. The van der Waals surface area contributed by atoms with E-state index in [2.05, 4.69) is 60.7 Å². The minimum absolute atomic E-state index is 0.135. The molecule has 6 aromatic rings. The van der Waals surface area contributed by atoms with Crippen molar-refractivity contribution in [3.63, 3.8) is 0 Å². The van der Waals surface area contributed by atoms with Crippen LogP contribution in [0.3, 0.4) is 0 Å². The second-order valence-electron chi connectivity index (χ2n) is 10.0. The standard InChI is InChI=1S/C35H25BFNO2/c1-23(24-14-18-28(37)19-15-24)38-22-27-10-4-7-13-31(27)36-39-32-20-16-25-8-2-5-11-29(25)34(32)35-30-12-6-3-9-26(30)17-21-33(35)40-36/h2-23H,1H3. The van der Waals surface area contributed by atoms with Crippen LogP contribution >= 0.6 is 0 Å². The molecule has 1 aliphatic rings. The quantitative estimate of drug-likeness (QED) is 0.173. The molecule has 6 aromatic carbocycles. The van der Waals surface area contributed by atoms with E-state index < -0.39 is 7.12 Å². The molecule has 5 heteroatoms. The van der Waals surface area contributed by atoms with Crippen LogP contribution in [0.5, 0.6) is 11.5 Å². The lowest BCUT2D eigenvalue weighted by Crippen LogP contribution is -2.44. The first kappa shape index (κ1) is 24.2. The number of hydrogen-bond donors (Lipinski definition) is 0. The van der Waals surface area contributed by atoms with Crippen LogP contribution in [0, 0.1) is 5.82 Å². The van der Waals surface area contributed by atoms with E-state index in [9.17, 15) is 4.39 Å². The average Bonchev–Trinajstić information content (AvgIpc) is 3.17. The normalized spacial score (nSPS) is 13.4. The summed E-state index contributed by atoms with van der Waals surface area (Å²) in [6.07, 6.45) is 1.85. The van der Waals surface area contributed by atoms with Gasteiger partial charge in [0.1, 0.15) is 17.3 Å². The van der Waals surface area contributed by atoms with Gasteiger partial charge < -0.3 is 9.31 Å². The molecule has 0 aliphatic carbocycles. The Balaban J connectivity index is 1.36. The number of nitrogens with zero attached hydrogens (tertiary/aromatic N) is 1. The summed E-state index contributed by atoms with van der Waals surface area (Å²) in [7, 11) is -0.689. The zero-order valence-corrected chi connectivity index (χ0v) is 21.9. The molecule has 1 aliphatic heterocycles. The van der Waals surface area contributed by atoms with E-state index in [1.54, 1.807) is 12.1 Å². The third kappa shape index (κ3) is 4.30. The van der Waals surface area contributed by atoms with E-state index in [4.69, 9.17) is 14.3 Å². The van der Waals surface area contributed by atoms with Crippen molar-refractivity contribution in [1.82, 2.24) is 0 Å². The van der Waals surface area contributed by atoms with Gasteiger partial charge in [-0.2, -0.15) is 0 Å². The van der Waals surface area contributed by atoms with Gasteiger partial charge in [-0.25, -0.2) is 4.39 Å². The van der Waals surface area contributed by atoms with Gasteiger partial charge in [0.25, 0.3) is 0 Å². The van der Waals surface area contributed by atoms with Crippen molar-refractivity contribution in [1.29, 1.82) is 0 Å². The first-order chi connectivity index (χ1) is 19.7. The van der Waals surface area contributed by atoms with Crippen molar-refractivity contribution in [2.45, 2.75) is 13.0 Å². The van der Waals surface area contributed by atoms with Gasteiger partial charge in [0, 0.05) is 22.8 Å². The van der Waals surface area contributed by atoms with Gasteiger partial charge >= 0.3 is 7.12 Å². The molecule has 0 saturated heterocycles. The number of fused-ring (bicyclic) bond motifs is 7. The van der Waals surface area contributed by atoms with E-state index >= 15 is 0 Å². The monoisotopic (exact) mass is 521 g/mol. The van der Waals surface area contributed by atoms with E-state index in [0.29, 0.717) is 0 Å². The molecule has 0 spiro atoms. The lowest BCUT2D eigenvalue weighted by atomic mass is 9.75. The summed E-state index contributed by atoms with van der Waals surface area (Å²) in [5.74, 6) is 1.28. The van der Waals surface area contributed by atoms with Crippen molar-refractivity contribution in [3.8, 4) is 22.6 Å². The number of aliphatic imine (C=N–C) groups is 1. The Morgan fingerprint density at radius 2 is 1.20 bits per heavy atom.